The van der Waals surface area contributed by atoms with Crippen molar-refractivity contribution in [3.8, 4) is 0 Å². The topological polar surface area (TPSA) is 32.5 Å². The lowest BCUT2D eigenvalue weighted by Crippen LogP contribution is -2.51. The number of halogens is 2. The Kier molecular flexibility index (Phi) is 4.73. The predicted octanol–water partition coefficient (Wildman–Crippen LogP) is 2.97. The highest BCUT2D eigenvalue weighted by Gasteiger charge is 2.25. The molecule has 1 atom stereocenters. The maximum Gasteiger partial charge on any atom is 0.133 e. The van der Waals surface area contributed by atoms with Crippen LogP contribution in [-0.2, 0) is 13.1 Å². The molecular weight excluding hydrogens is 300 g/mol. The van der Waals surface area contributed by atoms with E-state index in [2.05, 4.69) is 21.9 Å². The lowest BCUT2D eigenvalue weighted by molar-refractivity contribution is 0.0711. The van der Waals surface area contributed by atoms with Crippen molar-refractivity contribution in [2.75, 3.05) is 19.6 Å². The molecular formula is C17H21F2N3O. The Morgan fingerprint density at radius 3 is 2.70 bits per heavy atom. The fraction of sp³-hybridized carbons (Fsp3) is 0.471. The monoisotopic (exact) mass is 321 g/mol. The maximum absolute atomic E-state index is 13.8. The van der Waals surface area contributed by atoms with Crippen LogP contribution in [0.4, 0.5) is 8.78 Å². The van der Waals surface area contributed by atoms with Gasteiger partial charge in [0.25, 0.3) is 0 Å². The second-order valence-corrected chi connectivity index (χ2v) is 6.22. The maximum atomic E-state index is 13.8. The molecule has 0 amide bonds. The third kappa shape index (κ3) is 3.95. The van der Waals surface area contributed by atoms with Crippen molar-refractivity contribution < 1.29 is 13.3 Å². The average Bonchev–Trinajstić information content (AvgIpc) is 2.89. The van der Waals surface area contributed by atoms with Gasteiger partial charge in [-0.1, -0.05) is 11.2 Å². The van der Waals surface area contributed by atoms with Gasteiger partial charge in [-0.05, 0) is 19.9 Å². The van der Waals surface area contributed by atoms with Crippen molar-refractivity contribution >= 4 is 0 Å². The third-order valence-electron chi connectivity index (χ3n) is 4.30. The third-order valence-corrected chi connectivity index (χ3v) is 4.30. The van der Waals surface area contributed by atoms with Crippen molar-refractivity contribution in [3.63, 3.8) is 0 Å². The summed E-state index contributed by atoms with van der Waals surface area (Å²) in [5.41, 5.74) is 1.48. The summed E-state index contributed by atoms with van der Waals surface area (Å²) >= 11 is 0. The van der Waals surface area contributed by atoms with E-state index in [1.165, 1.54) is 12.1 Å². The minimum Gasteiger partial charge on any atom is -0.361 e. The Bertz CT molecular complexity index is 674. The summed E-state index contributed by atoms with van der Waals surface area (Å²) in [5, 5.41) is 4.03. The van der Waals surface area contributed by atoms with Crippen LogP contribution in [0.3, 0.4) is 0 Å². The molecule has 0 aliphatic carbocycles. The molecule has 1 fully saturated rings. The summed E-state index contributed by atoms with van der Waals surface area (Å²) in [6.45, 7) is 7.89. The highest BCUT2D eigenvalue weighted by molar-refractivity contribution is 5.18. The Hall–Kier alpha value is -1.79. The summed E-state index contributed by atoms with van der Waals surface area (Å²) in [7, 11) is 0. The van der Waals surface area contributed by atoms with Gasteiger partial charge < -0.3 is 4.52 Å². The standard InChI is InChI=1S/C17H21F2N3O/c1-12-9-21(11-16-7-13(2)23-20-16)5-6-22(12)10-14-3-4-15(18)8-17(14)19/h3-4,7-8,12H,5-6,9-11H2,1-2H3. The number of aryl methyl sites for hydroxylation is 1. The largest absolute Gasteiger partial charge is 0.361 e. The van der Waals surface area contributed by atoms with Gasteiger partial charge in [-0.25, -0.2) is 8.78 Å². The van der Waals surface area contributed by atoms with E-state index in [1.807, 2.05) is 13.0 Å². The molecule has 1 saturated heterocycles. The molecule has 1 aliphatic rings. The van der Waals surface area contributed by atoms with Crippen molar-refractivity contribution in [2.45, 2.75) is 33.0 Å². The smallest absolute Gasteiger partial charge is 0.133 e. The van der Waals surface area contributed by atoms with Crippen LogP contribution in [0, 0.1) is 18.6 Å². The van der Waals surface area contributed by atoms with Gasteiger partial charge in [-0.3, -0.25) is 9.80 Å². The van der Waals surface area contributed by atoms with Crippen molar-refractivity contribution in [1.82, 2.24) is 15.0 Å². The molecule has 0 radical (unpaired) electrons. The van der Waals surface area contributed by atoms with E-state index in [0.29, 0.717) is 18.2 Å². The molecule has 1 aromatic carbocycles. The SMILES string of the molecule is Cc1cc(CN2CCN(Cc3ccc(F)cc3F)C(C)C2)no1. The first-order valence-electron chi connectivity index (χ1n) is 7.84. The quantitative estimate of drug-likeness (QED) is 0.867. The molecule has 1 aliphatic heterocycles. The van der Waals surface area contributed by atoms with Crippen LogP contribution < -0.4 is 0 Å². The first-order valence-corrected chi connectivity index (χ1v) is 7.84. The lowest BCUT2D eigenvalue weighted by atomic mass is 10.1. The summed E-state index contributed by atoms with van der Waals surface area (Å²) in [6.07, 6.45) is 0. The summed E-state index contributed by atoms with van der Waals surface area (Å²) in [6, 6.07) is 6.03. The molecule has 0 spiro atoms. The molecule has 1 unspecified atom stereocenters. The molecule has 23 heavy (non-hydrogen) atoms. The van der Waals surface area contributed by atoms with Crippen molar-refractivity contribution in [3.05, 3.63) is 52.9 Å². The summed E-state index contributed by atoms with van der Waals surface area (Å²) in [5.74, 6) is -0.191. The number of hydrogen-bond acceptors (Lipinski definition) is 4. The van der Waals surface area contributed by atoms with Gasteiger partial charge in [0.15, 0.2) is 0 Å². The highest BCUT2D eigenvalue weighted by atomic mass is 19.1. The van der Waals surface area contributed by atoms with Crippen LogP contribution in [0.25, 0.3) is 0 Å². The molecule has 124 valence electrons. The van der Waals surface area contributed by atoms with Gasteiger partial charge in [-0.15, -0.1) is 0 Å². The normalized spacial score (nSPS) is 20.1. The van der Waals surface area contributed by atoms with E-state index in [9.17, 15) is 8.78 Å². The molecule has 6 heteroatoms. The Labute approximate surface area is 134 Å². The molecule has 3 rings (SSSR count). The molecule has 2 aromatic rings. The van der Waals surface area contributed by atoms with Gasteiger partial charge in [-0.2, -0.15) is 0 Å². The minimum atomic E-state index is -0.535. The molecule has 4 nitrogen and oxygen atoms in total. The zero-order chi connectivity index (χ0) is 16.4. The van der Waals surface area contributed by atoms with Gasteiger partial charge in [0.2, 0.25) is 0 Å². The van der Waals surface area contributed by atoms with Gasteiger partial charge in [0, 0.05) is 56.5 Å². The lowest BCUT2D eigenvalue weighted by Gasteiger charge is -2.39. The number of nitrogens with zero attached hydrogens (tertiary/aromatic N) is 3. The van der Waals surface area contributed by atoms with Gasteiger partial charge >= 0.3 is 0 Å². The van der Waals surface area contributed by atoms with Crippen molar-refractivity contribution in [2.24, 2.45) is 0 Å². The van der Waals surface area contributed by atoms with E-state index in [4.69, 9.17) is 4.52 Å². The highest BCUT2D eigenvalue weighted by Crippen LogP contribution is 2.18. The minimum absolute atomic E-state index is 0.293. The van der Waals surface area contributed by atoms with Crippen LogP contribution in [-0.4, -0.2) is 40.6 Å². The number of aromatic nitrogens is 1. The first kappa shape index (κ1) is 16.1. The summed E-state index contributed by atoms with van der Waals surface area (Å²) in [4.78, 5) is 4.54. The number of rotatable bonds is 4. The van der Waals surface area contributed by atoms with E-state index in [1.54, 1.807) is 0 Å². The molecule has 0 N–H and O–H groups in total. The molecule has 0 saturated carbocycles. The van der Waals surface area contributed by atoms with E-state index < -0.39 is 11.6 Å². The predicted molar refractivity (Wildman–Crippen MR) is 82.7 cm³/mol. The first-order chi connectivity index (χ1) is 11.0. The number of hydrogen-bond donors (Lipinski definition) is 0. The Morgan fingerprint density at radius 2 is 2.04 bits per heavy atom. The van der Waals surface area contributed by atoms with Crippen LogP contribution in [0.2, 0.25) is 0 Å². The van der Waals surface area contributed by atoms with E-state index >= 15 is 0 Å². The summed E-state index contributed by atoms with van der Waals surface area (Å²) < 4.78 is 31.9. The molecule has 1 aromatic heterocycles. The Balaban J connectivity index is 1.58. The van der Waals surface area contributed by atoms with Crippen LogP contribution in [0.15, 0.2) is 28.8 Å². The van der Waals surface area contributed by atoms with E-state index in [-0.39, 0.29) is 0 Å². The number of piperazine rings is 1. The number of benzene rings is 1. The van der Waals surface area contributed by atoms with Crippen LogP contribution >= 0.6 is 0 Å². The van der Waals surface area contributed by atoms with Gasteiger partial charge in [0.1, 0.15) is 17.4 Å². The second-order valence-electron chi connectivity index (χ2n) is 6.22. The zero-order valence-electron chi connectivity index (χ0n) is 13.4. The molecule has 2 heterocycles. The van der Waals surface area contributed by atoms with Gasteiger partial charge in [0.05, 0.1) is 5.69 Å². The zero-order valence-corrected chi connectivity index (χ0v) is 13.4. The van der Waals surface area contributed by atoms with Crippen LogP contribution in [0.5, 0.6) is 0 Å². The fourth-order valence-electron chi connectivity index (χ4n) is 3.04. The Morgan fingerprint density at radius 1 is 1.22 bits per heavy atom. The fourth-order valence-corrected chi connectivity index (χ4v) is 3.04. The van der Waals surface area contributed by atoms with E-state index in [0.717, 1.165) is 43.7 Å². The average molecular weight is 321 g/mol. The second kappa shape index (κ2) is 6.76. The molecule has 0 bridgehead atoms. The van der Waals surface area contributed by atoms with Crippen LogP contribution in [0.1, 0.15) is 23.9 Å². The van der Waals surface area contributed by atoms with Crippen molar-refractivity contribution in [1.29, 1.82) is 0 Å².